The number of hydrogen-bond acceptors (Lipinski definition) is 3. The second-order valence-corrected chi connectivity index (χ2v) is 6.02. The molecule has 1 fully saturated rings. The lowest BCUT2D eigenvalue weighted by atomic mass is 10.0. The summed E-state index contributed by atoms with van der Waals surface area (Å²) in [6.45, 7) is 4.07. The first-order chi connectivity index (χ1) is 9.83. The van der Waals surface area contributed by atoms with Crippen molar-refractivity contribution >= 4 is 28.3 Å². The number of piperazine rings is 1. The largest absolute Gasteiger partial charge is 0.314 e. The van der Waals surface area contributed by atoms with E-state index in [4.69, 9.17) is 0 Å². The van der Waals surface area contributed by atoms with Gasteiger partial charge in [-0.3, -0.25) is 9.88 Å². The molecule has 3 nitrogen and oxygen atoms in total. The third-order valence-corrected chi connectivity index (χ3v) is 4.19. The van der Waals surface area contributed by atoms with Crippen molar-refractivity contribution < 1.29 is 0 Å². The molecule has 2 aromatic rings. The predicted molar refractivity (Wildman–Crippen MR) is 91.6 cm³/mol. The molecular weight excluding hydrogens is 350 g/mol. The van der Waals surface area contributed by atoms with Crippen molar-refractivity contribution in [2.24, 2.45) is 0 Å². The van der Waals surface area contributed by atoms with Gasteiger partial charge in [-0.15, -0.1) is 12.4 Å². The summed E-state index contributed by atoms with van der Waals surface area (Å²) in [5.74, 6) is 0. The molecule has 5 heteroatoms. The normalized spacial score (nSPS) is 19.0. The highest BCUT2D eigenvalue weighted by Gasteiger charge is 2.23. The minimum atomic E-state index is 0. The Labute approximate surface area is 140 Å². The smallest absolute Gasteiger partial charge is 0.0491 e. The summed E-state index contributed by atoms with van der Waals surface area (Å²) < 4.78 is 1.14. The van der Waals surface area contributed by atoms with Gasteiger partial charge in [-0.05, 0) is 29.3 Å². The van der Waals surface area contributed by atoms with Crippen LogP contribution in [0.3, 0.4) is 0 Å². The molecule has 0 amide bonds. The van der Waals surface area contributed by atoms with Gasteiger partial charge in [0, 0.05) is 49.1 Å². The maximum absolute atomic E-state index is 4.25. The highest BCUT2D eigenvalue weighted by atomic mass is 79.9. The molecule has 21 heavy (non-hydrogen) atoms. The van der Waals surface area contributed by atoms with Crippen molar-refractivity contribution in [3.63, 3.8) is 0 Å². The Morgan fingerprint density at radius 1 is 1.29 bits per heavy atom. The Kier molecular flexibility index (Phi) is 6.18. The Morgan fingerprint density at radius 2 is 2.19 bits per heavy atom. The van der Waals surface area contributed by atoms with Crippen molar-refractivity contribution in [3.8, 4) is 0 Å². The summed E-state index contributed by atoms with van der Waals surface area (Å²) in [6, 6.07) is 13.1. The van der Waals surface area contributed by atoms with Crippen LogP contribution in [0.5, 0.6) is 0 Å². The highest BCUT2D eigenvalue weighted by molar-refractivity contribution is 9.10. The van der Waals surface area contributed by atoms with Gasteiger partial charge in [-0.1, -0.05) is 34.1 Å². The molecule has 1 aromatic heterocycles. The van der Waals surface area contributed by atoms with Gasteiger partial charge in [0.05, 0.1) is 0 Å². The molecule has 1 aliphatic heterocycles. The lowest BCUT2D eigenvalue weighted by Gasteiger charge is -2.36. The average Bonchev–Trinajstić information content (AvgIpc) is 2.49. The molecule has 1 aliphatic rings. The number of rotatable bonds is 3. The van der Waals surface area contributed by atoms with Crippen LogP contribution in [0.15, 0.2) is 53.3 Å². The van der Waals surface area contributed by atoms with Crippen LogP contribution in [-0.4, -0.2) is 29.5 Å². The van der Waals surface area contributed by atoms with Gasteiger partial charge in [-0.25, -0.2) is 0 Å². The van der Waals surface area contributed by atoms with E-state index in [0.717, 1.165) is 30.7 Å². The van der Waals surface area contributed by atoms with E-state index in [0.29, 0.717) is 6.04 Å². The fraction of sp³-hybridized carbons (Fsp3) is 0.312. The molecule has 0 saturated carbocycles. The summed E-state index contributed by atoms with van der Waals surface area (Å²) in [6.07, 6.45) is 3.81. The Balaban J connectivity index is 0.00000161. The second-order valence-electron chi connectivity index (χ2n) is 5.11. The summed E-state index contributed by atoms with van der Waals surface area (Å²) in [7, 11) is 0. The van der Waals surface area contributed by atoms with E-state index in [2.05, 4.69) is 61.5 Å². The minimum Gasteiger partial charge on any atom is -0.314 e. The second kappa shape index (κ2) is 7.90. The van der Waals surface area contributed by atoms with Crippen LogP contribution in [-0.2, 0) is 6.54 Å². The third-order valence-electron chi connectivity index (χ3n) is 3.70. The van der Waals surface area contributed by atoms with Crippen LogP contribution in [0.4, 0.5) is 0 Å². The van der Waals surface area contributed by atoms with Crippen LogP contribution >= 0.6 is 28.3 Å². The molecule has 1 aromatic carbocycles. The first-order valence-electron chi connectivity index (χ1n) is 6.92. The zero-order valence-corrected chi connectivity index (χ0v) is 14.1. The number of halogens is 2. The fourth-order valence-electron chi connectivity index (χ4n) is 2.71. The Bertz CT molecular complexity index is 564. The molecule has 0 aliphatic carbocycles. The number of benzene rings is 1. The third kappa shape index (κ3) is 4.27. The van der Waals surface area contributed by atoms with Gasteiger partial charge in [0.1, 0.15) is 0 Å². The number of nitrogens with zero attached hydrogens (tertiary/aromatic N) is 2. The van der Waals surface area contributed by atoms with Crippen molar-refractivity contribution in [3.05, 3.63) is 64.4 Å². The van der Waals surface area contributed by atoms with Crippen molar-refractivity contribution in [1.82, 2.24) is 15.2 Å². The van der Waals surface area contributed by atoms with Gasteiger partial charge < -0.3 is 5.32 Å². The number of aromatic nitrogens is 1. The molecular formula is C16H19BrClN3. The van der Waals surface area contributed by atoms with Crippen molar-refractivity contribution in [2.45, 2.75) is 12.6 Å². The summed E-state index contributed by atoms with van der Waals surface area (Å²) in [5.41, 5.74) is 2.63. The predicted octanol–water partition coefficient (Wildman–Crippen LogP) is 3.41. The maximum atomic E-state index is 4.25. The van der Waals surface area contributed by atoms with Gasteiger partial charge in [0.15, 0.2) is 0 Å². The molecule has 1 atom stereocenters. The van der Waals surface area contributed by atoms with E-state index in [1.165, 1.54) is 11.1 Å². The highest BCUT2D eigenvalue weighted by Crippen LogP contribution is 2.24. The summed E-state index contributed by atoms with van der Waals surface area (Å²) >= 11 is 3.55. The molecule has 0 bridgehead atoms. The SMILES string of the molecule is Brc1cccc(CN2CCNCC2c2cccnc2)c1.Cl. The Hall–Kier alpha value is -0.940. The number of hydrogen-bond donors (Lipinski definition) is 1. The van der Waals surface area contributed by atoms with Gasteiger partial charge in [0.25, 0.3) is 0 Å². The monoisotopic (exact) mass is 367 g/mol. The van der Waals surface area contributed by atoms with E-state index in [-0.39, 0.29) is 12.4 Å². The zero-order valence-electron chi connectivity index (χ0n) is 11.7. The van der Waals surface area contributed by atoms with Crippen LogP contribution in [0.2, 0.25) is 0 Å². The lowest BCUT2D eigenvalue weighted by Crippen LogP contribution is -2.45. The van der Waals surface area contributed by atoms with E-state index in [9.17, 15) is 0 Å². The number of pyridine rings is 1. The maximum Gasteiger partial charge on any atom is 0.0491 e. The first kappa shape index (κ1) is 16.4. The van der Waals surface area contributed by atoms with Gasteiger partial charge in [-0.2, -0.15) is 0 Å². The molecule has 3 rings (SSSR count). The van der Waals surface area contributed by atoms with Crippen LogP contribution in [0.25, 0.3) is 0 Å². The van der Waals surface area contributed by atoms with Crippen LogP contribution in [0.1, 0.15) is 17.2 Å². The van der Waals surface area contributed by atoms with Crippen LogP contribution < -0.4 is 5.32 Å². The van der Waals surface area contributed by atoms with Crippen molar-refractivity contribution in [1.29, 1.82) is 0 Å². The molecule has 112 valence electrons. The van der Waals surface area contributed by atoms with E-state index >= 15 is 0 Å². The van der Waals surface area contributed by atoms with Gasteiger partial charge >= 0.3 is 0 Å². The summed E-state index contributed by atoms with van der Waals surface area (Å²) in [4.78, 5) is 6.78. The molecule has 1 saturated heterocycles. The molecule has 2 heterocycles. The molecule has 0 radical (unpaired) electrons. The number of nitrogens with one attached hydrogen (secondary N) is 1. The molecule has 0 spiro atoms. The standard InChI is InChI=1S/C16H18BrN3.ClH/c17-15-5-1-3-13(9-15)12-20-8-7-19-11-16(20)14-4-2-6-18-10-14;/h1-6,9-10,16,19H,7-8,11-12H2;1H. The fourth-order valence-corrected chi connectivity index (χ4v) is 3.15. The van der Waals surface area contributed by atoms with Crippen molar-refractivity contribution in [2.75, 3.05) is 19.6 Å². The average molecular weight is 369 g/mol. The first-order valence-corrected chi connectivity index (χ1v) is 7.71. The summed E-state index contributed by atoms with van der Waals surface area (Å²) in [5, 5.41) is 3.48. The minimum absolute atomic E-state index is 0. The quantitative estimate of drug-likeness (QED) is 0.900. The molecule has 1 unspecified atom stereocenters. The topological polar surface area (TPSA) is 28.2 Å². The molecule has 1 N–H and O–H groups in total. The lowest BCUT2D eigenvalue weighted by molar-refractivity contribution is 0.153. The van der Waals surface area contributed by atoms with E-state index < -0.39 is 0 Å². The zero-order chi connectivity index (χ0) is 13.8. The van der Waals surface area contributed by atoms with E-state index in [1.54, 1.807) is 0 Å². The Morgan fingerprint density at radius 3 is 2.95 bits per heavy atom. The van der Waals surface area contributed by atoms with Gasteiger partial charge in [0.2, 0.25) is 0 Å². The van der Waals surface area contributed by atoms with E-state index in [1.807, 2.05) is 18.5 Å². The van der Waals surface area contributed by atoms with Crippen LogP contribution in [0, 0.1) is 0 Å².